The zero-order chi connectivity index (χ0) is 22.1. The third kappa shape index (κ3) is 5.08. The minimum atomic E-state index is -2.85. The number of benzene rings is 2. The smallest absolute Gasteiger partial charge is 0.324 e. The molecule has 4 nitrogen and oxygen atoms in total. The monoisotopic (exact) mass is 440 g/mol. The molecule has 0 aliphatic carbocycles. The number of nitrogens with one attached hydrogen (secondary N) is 2. The molecule has 9 heteroatoms. The van der Waals surface area contributed by atoms with Gasteiger partial charge in [-0.25, -0.2) is 8.78 Å². The number of anilines is 1. The Hall–Kier alpha value is -2.23. The molecule has 3 rings (SSSR count). The number of hydrogen-bond acceptors (Lipinski definition) is 3. The van der Waals surface area contributed by atoms with E-state index >= 15 is 0 Å². The number of carbonyl (C=O) groups excluding carboxylic acids is 1. The van der Waals surface area contributed by atoms with Crippen LogP contribution < -0.4 is 15.8 Å². The first kappa shape index (κ1) is 22.5. The van der Waals surface area contributed by atoms with Crippen molar-refractivity contribution in [1.82, 2.24) is 5.32 Å². The Morgan fingerprint density at radius 2 is 1.87 bits per heavy atom. The van der Waals surface area contributed by atoms with Crippen LogP contribution in [0.15, 0.2) is 30.3 Å². The number of halogens is 4. The second kappa shape index (κ2) is 8.87. The molecular weight excluding hydrogens is 416 g/mol. The van der Waals surface area contributed by atoms with Crippen molar-refractivity contribution < 1.29 is 27.1 Å². The summed E-state index contributed by atoms with van der Waals surface area (Å²) < 4.78 is 57.8. The van der Waals surface area contributed by atoms with Crippen LogP contribution in [0, 0.1) is 11.6 Å². The van der Waals surface area contributed by atoms with Crippen molar-refractivity contribution in [1.29, 1.82) is 0 Å². The fraction of sp³-hybridized carbons (Fsp3) is 0.381. The van der Waals surface area contributed by atoms with Gasteiger partial charge in [-0.05, 0) is 35.2 Å². The van der Waals surface area contributed by atoms with E-state index in [0.29, 0.717) is 24.1 Å². The van der Waals surface area contributed by atoms with Crippen molar-refractivity contribution in [2.75, 3.05) is 11.9 Å². The van der Waals surface area contributed by atoms with Gasteiger partial charge in [0.2, 0.25) is 5.91 Å². The average molecular weight is 441 g/mol. The van der Waals surface area contributed by atoms with Gasteiger partial charge in [0, 0.05) is 17.4 Å². The van der Waals surface area contributed by atoms with Gasteiger partial charge in [0.25, 0.3) is 0 Å². The second-order valence-electron chi connectivity index (χ2n) is 8.30. The SMILES string of the molecule is C[Si](C)(C)c1c(F)cc(NC(=O)C2NCCc3cc(COC(F)F)ccc32)cc1F. The molecule has 1 heterocycles. The first-order chi connectivity index (χ1) is 14.1. The molecular formula is C21H24F4N2O2Si. The number of rotatable bonds is 6. The van der Waals surface area contributed by atoms with E-state index in [1.165, 1.54) is 0 Å². The Balaban J connectivity index is 1.79. The first-order valence-corrected chi connectivity index (χ1v) is 13.1. The van der Waals surface area contributed by atoms with Crippen molar-refractivity contribution in [3.05, 3.63) is 58.7 Å². The highest BCUT2D eigenvalue weighted by Gasteiger charge is 2.29. The number of carbonyl (C=O) groups is 1. The van der Waals surface area contributed by atoms with Crippen molar-refractivity contribution in [2.45, 2.75) is 45.3 Å². The van der Waals surface area contributed by atoms with Crippen LogP contribution in [0.25, 0.3) is 0 Å². The number of alkyl halides is 2. The van der Waals surface area contributed by atoms with Crippen LogP contribution in [0.2, 0.25) is 19.6 Å². The fourth-order valence-corrected chi connectivity index (χ4v) is 5.25. The molecule has 0 aromatic heterocycles. The van der Waals surface area contributed by atoms with E-state index in [4.69, 9.17) is 0 Å². The molecule has 2 N–H and O–H groups in total. The Morgan fingerprint density at radius 1 is 1.20 bits per heavy atom. The standard InChI is InChI=1S/C21H24F4N2O2Si/c1-30(2,3)19-16(22)9-14(10-17(19)23)27-20(28)18-15-5-4-12(11-29-21(24)25)8-13(15)6-7-26-18/h4-5,8-10,18,21,26H,6-7,11H2,1-3H3,(H,27,28). The fourth-order valence-electron chi connectivity index (χ4n) is 3.68. The van der Waals surface area contributed by atoms with Crippen LogP contribution in [-0.2, 0) is 22.6 Å². The number of fused-ring (bicyclic) bond motifs is 1. The lowest BCUT2D eigenvalue weighted by molar-refractivity contribution is -0.137. The summed E-state index contributed by atoms with van der Waals surface area (Å²) in [6, 6.07) is 6.61. The summed E-state index contributed by atoms with van der Waals surface area (Å²) in [6.45, 7) is 2.95. The second-order valence-corrected chi connectivity index (χ2v) is 13.3. The number of amides is 1. The first-order valence-electron chi connectivity index (χ1n) is 9.61. The molecule has 0 fully saturated rings. The van der Waals surface area contributed by atoms with E-state index in [0.717, 1.165) is 17.7 Å². The molecule has 162 valence electrons. The largest absolute Gasteiger partial charge is 0.345 e. The van der Waals surface area contributed by atoms with Crippen LogP contribution in [0.3, 0.4) is 0 Å². The van der Waals surface area contributed by atoms with E-state index < -0.39 is 38.3 Å². The molecule has 1 amide bonds. The van der Waals surface area contributed by atoms with E-state index in [2.05, 4.69) is 15.4 Å². The summed E-state index contributed by atoms with van der Waals surface area (Å²) in [5, 5.41) is 5.76. The third-order valence-electron chi connectivity index (χ3n) is 4.96. The van der Waals surface area contributed by atoms with E-state index in [1.807, 2.05) is 19.6 Å². The molecule has 2 aromatic carbocycles. The highest BCUT2D eigenvalue weighted by molar-refractivity contribution is 6.88. The molecule has 1 unspecified atom stereocenters. The zero-order valence-corrected chi connectivity index (χ0v) is 18.0. The number of ether oxygens (including phenoxy) is 1. The quantitative estimate of drug-likeness (QED) is 0.526. The Labute approximate surface area is 173 Å². The third-order valence-corrected chi connectivity index (χ3v) is 6.94. The summed E-state index contributed by atoms with van der Waals surface area (Å²) in [5.74, 6) is -1.78. The normalized spacial score (nSPS) is 16.5. The van der Waals surface area contributed by atoms with E-state index in [9.17, 15) is 22.4 Å². The molecule has 1 aliphatic heterocycles. The van der Waals surface area contributed by atoms with Gasteiger partial charge in [0.05, 0.1) is 14.7 Å². The maximum absolute atomic E-state index is 14.5. The summed E-state index contributed by atoms with van der Waals surface area (Å²) in [7, 11) is -2.22. The van der Waals surface area contributed by atoms with Gasteiger partial charge in [-0.1, -0.05) is 37.8 Å². The molecule has 0 radical (unpaired) electrons. The predicted octanol–water partition coefficient (Wildman–Crippen LogP) is 4.07. The Morgan fingerprint density at radius 3 is 2.47 bits per heavy atom. The summed E-state index contributed by atoms with van der Waals surface area (Å²) in [5.41, 5.74) is 2.17. The van der Waals surface area contributed by atoms with Crippen LogP contribution >= 0.6 is 0 Å². The van der Waals surface area contributed by atoms with E-state index in [1.54, 1.807) is 18.2 Å². The highest BCUT2D eigenvalue weighted by atomic mass is 28.3. The predicted molar refractivity (Wildman–Crippen MR) is 110 cm³/mol. The molecule has 0 bridgehead atoms. The van der Waals surface area contributed by atoms with Gasteiger partial charge in [-0.15, -0.1) is 0 Å². The van der Waals surface area contributed by atoms with Crippen molar-refractivity contribution >= 4 is 24.9 Å². The molecule has 0 spiro atoms. The number of hydrogen-bond donors (Lipinski definition) is 2. The lowest BCUT2D eigenvalue weighted by atomic mass is 9.92. The van der Waals surface area contributed by atoms with Gasteiger partial charge >= 0.3 is 6.61 Å². The van der Waals surface area contributed by atoms with Crippen LogP contribution in [0.5, 0.6) is 0 Å². The summed E-state index contributed by atoms with van der Waals surface area (Å²) in [4.78, 5) is 12.8. The Bertz CT molecular complexity index is 924. The van der Waals surface area contributed by atoms with Gasteiger partial charge in [-0.2, -0.15) is 8.78 Å². The van der Waals surface area contributed by atoms with Gasteiger partial charge in [-0.3, -0.25) is 4.79 Å². The molecule has 0 saturated heterocycles. The Kier molecular flexibility index (Phi) is 6.64. The van der Waals surface area contributed by atoms with E-state index in [-0.39, 0.29) is 17.5 Å². The molecule has 0 saturated carbocycles. The minimum absolute atomic E-state index is 0.0490. The maximum atomic E-state index is 14.5. The highest BCUT2D eigenvalue weighted by Crippen LogP contribution is 2.26. The van der Waals surface area contributed by atoms with Gasteiger partial charge in [0.15, 0.2) is 0 Å². The molecule has 2 aromatic rings. The summed E-state index contributed by atoms with van der Waals surface area (Å²) >= 11 is 0. The van der Waals surface area contributed by atoms with Crippen LogP contribution in [-0.4, -0.2) is 27.1 Å². The lowest BCUT2D eigenvalue weighted by Crippen LogP contribution is -2.42. The van der Waals surface area contributed by atoms with Crippen LogP contribution in [0.4, 0.5) is 23.2 Å². The lowest BCUT2D eigenvalue weighted by Gasteiger charge is -2.27. The van der Waals surface area contributed by atoms with Crippen molar-refractivity contribution in [2.24, 2.45) is 0 Å². The molecule has 1 atom stereocenters. The minimum Gasteiger partial charge on any atom is -0.324 e. The van der Waals surface area contributed by atoms with Crippen LogP contribution in [0.1, 0.15) is 22.7 Å². The average Bonchev–Trinajstić information content (AvgIpc) is 2.63. The topological polar surface area (TPSA) is 50.4 Å². The zero-order valence-electron chi connectivity index (χ0n) is 17.0. The van der Waals surface area contributed by atoms with Gasteiger partial charge in [0.1, 0.15) is 17.7 Å². The maximum Gasteiger partial charge on any atom is 0.345 e. The van der Waals surface area contributed by atoms with Gasteiger partial charge < -0.3 is 15.4 Å². The summed E-state index contributed by atoms with van der Waals surface area (Å²) in [6.07, 6.45) is 0.621. The molecule has 1 aliphatic rings. The van der Waals surface area contributed by atoms with Crippen molar-refractivity contribution in [3.8, 4) is 0 Å². The molecule has 30 heavy (non-hydrogen) atoms. The van der Waals surface area contributed by atoms with Crippen molar-refractivity contribution in [3.63, 3.8) is 0 Å².